The van der Waals surface area contributed by atoms with Gasteiger partial charge < -0.3 is 10.1 Å². The van der Waals surface area contributed by atoms with Gasteiger partial charge in [0.25, 0.3) is 0 Å². The van der Waals surface area contributed by atoms with Gasteiger partial charge in [0.1, 0.15) is 17.9 Å². The van der Waals surface area contributed by atoms with E-state index >= 15 is 0 Å². The summed E-state index contributed by atoms with van der Waals surface area (Å²) in [6.45, 7) is 5.68. The fourth-order valence-electron chi connectivity index (χ4n) is 4.80. The summed E-state index contributed by atoms with van der Waals surface area (Å²) in [5, 5.41) is 7.53. The number of hydrogen-bond donors (Lipinski definition) is 1. The van der Waals surface area contributed by atoms with E-state index in [1.54, 1.807) is 0 Å². The molecule has 1 aliphatic heterocycles. The second kappa shape index (κ2) is 13.7. The third-order valence-electron chi connectivity index (χ3n) is 7.09. The van der Waals surface area contributed by atoms with Crippen LogP contribution in [0.3, 0.4) is 0 Å². The highest BCUT2D eigenvalue weighted by Crippen LogP contribution is 2.34. The number of halogens is 4. The zero-order valence-electron chi connectivity index (χ0n) is 25.1. The summed E-state index contributed by atoms with van der Waals surface area (Å²) in [6, 6.07) is 16.4. The number of aryl methyl sites for hydroxylation is 1. The molecule has 2 heterocycles. The predicted octanol–water partition coefficient (Wildman–Crippen LogP) is 7.26. The Kier molecular flexibility index (Phi) is 9.75. The van der Waals surface area contributed by atoms with Crippen molar-refractivity contribution in [2.45, 2.75) is 51.9 Å². The van der Waals surface area contributed by atoms with E-state index in [1.807, 2.05) is 45.0 Å². The number of alkyl halides is 3. The molecule has 1 atom stereocenters. The van der Waals surface area contributed by atoms with Gasteiger partial charge in [0, 0.05) is 11.6 Å². The summed E-state index contributed by atoms with van der Waals surface area (Å²) in [5.74, 6) is -0.414. The van der Waals surface area contributed by atoms with Crippen LogP contribution in [0.2, 0.25) is 0 Å². The maximum atomic E-state index is 13.9. The molecule has 4 aromatic rings. The molecule has 1 fully saturated rings. The van der Waals surface area contributed by atoms with E-state index in [0.717, 1.165) is 22.9 Å². The zero-order valence-corrected chi connectivity index (χ0v) is 25.9. The lowest BCUT2D eigenvalue weighted by atomic mass is 10.0. The molecule has 9 nitrogen and oxygen atoms in total. The Morgan fingerprint density at radius 2 is 1.78 bits per heavy atom. The van der Waals surface area contributed by atoms with Crippen LogP contribution < -0.4 is 15.0 Å². The highest BCUT2D eigenvalue weighted by Gasteiger charge is 2.33. The van der Waals surface area contributed by atoms with Crippen LogP contribution in [0.4, 0.5) is 28.0 Å². The van der Waals surface area contributed by atoms with Gasteiger partial charge in [-0.25, -0.2) is 18.9 Å². The van der Waals surface area contributed by atoms with Gasteiger partial charge in [-0.15, -0.1) is 18.3 Å². The number of nitrogens with zero attached hydrogens (tertiary/aromatic N) is 5. The number of urea groups is 1. The van der Waals surface area contributed by atoms with Crippen LogP contribution in [0.25, 0.3) is 17.1 Å². The summed E-state index contributed by atoms with van der Waals surface area (Å²) >= 11 is 1.16. The van der Waals surface area contributed by atoms with Crippen molar-refractivity contribution in [2.24, 2.45) is 4.99 Å². The molecule has 0 bridgehead atoms. The second-order valence-electron chi connectivity index (χ2n) is 10.9. The number of carbonyl (C=O) groups excluding carboxylic acids is 2. The SMILES string of the molecule is CC(CCc1ccc(-c2ncn(-c3ccc(OC(F)(F)F)cc3)n2)cc1)NC(=O)N=C1SCC(=O)N1c1ccc(F)cc1C(C)C. The molecule has 1 N–H and O–H groups in total. The smallest absolute Gasteiger partial charge is 0.406 e. The number of nitrogens with one attached hydrogen (secondary N) is 1. The van der Waals surface area contributed by atoms with Crippen LogP contribution in [-0.2, 0) is 11.2 Å². The molecule has 0 radical (unpaired) electrons. The number of ether oxygens (including phenoxy) is 1. The van der Waals surface area contributed by atoms with Crippen molar-refractivity contribution in [3.05, 3.63) is 90.0 Å². The molecule has 5 rings (SSSR count). The van der Waals surface area contributed by atoms with E-state index in [0.29, 0.717) is 35.6 Å². The maximum absolute atomic E-state index is 13.9. The van der Waals surface area contributed by atoms with Crippen LogP contribution in [0.1, 0.15) is 44.2 Å². The number of benzene rings is 3. The minimum Gasteiger partial charge on any atom is -0.406 e. The Hall–Kier alpha value is -4.72. The Bertz CT molecular complexity index is 1740. The first kappa shape index (κ1) is 32.7. The Morgan fingerprint density at radius 3 is 2.46 bits per heavy atom. The standard InChI is InChI=1S/C32H30F4N6O3S/c1-19(2)26-16-23(33)10-15-27(26)42-28(43)17-46-31(42)39-30(44)38-20(3)4-5-21-6-8-22(9-7-21)29-37-18-41(40-29)24-11-13-25(14-12-24)45-32(34,35)36/h6-16,18-20H,4-5,17H2,1-3H3,(H,38,44). The summed E-state index contributed by atoms with van der Waals surface area (Å²) in [7, 11) is 0. The largest absolute Gasteiger partial charge is 0.573 e. The van der Waals surface area contributed by atoms with Crippen molar-refractivity contribution in [3.63, 3.8) is 0 Å². The molecule has 0 spiro atoms. The van der Waals surface area contributed by atoms with Gasteiger partial charge >= 0.3 is 12.4 Å². The maximum Gasteiger partial charge on any atom is 0.573 e. The molecule has 1 saturated heterocycles. The summed E-state index contributed by atoms with van der Waals surface area (Å²) < 4.78 is 56.5. The first-order valence-electron chi connectivity index (χ1n) is 14.4. The lowest BCUT2D eigenvalue weighted by Gasteiger charge is -2.21. The van der Waals surface area contributed by atoms with Crippen molar-refractivity contribution >= 4 is 34.6 Å². The van der Waals surface area contributed by atoms with Crippen LogP contribution in [-0.4, -0.2) is 50.0 Å². The number of aromatic nitrogens is 3. The van der Waals surface area contributed by atoms with E-state index in [1.165, 1.54) is 58.4 Å². The lowest BCUT2D eigenvalue weighted by molar-refractivity contribution is -0.274. The molecule has 46 heavy (non-hydrogen) atoms. The summed E-state index contributed by atoms with van der Waals surface area (Å²) in [4.78, 5) is 35.3. The fourth-order valence-corrected chi connectivity index (χ4v) is 5.66. The minimum absolute atomic E-state index is 0.0435. The van der Waals surface area contributed by atoms with Crippen LogP contribution in [0, 0.1) is 5.82 Å². The number of amides is 3. The number of hydrogen-bond acceptors (Lipinski definition) is 6. The van der Waals surface area contributed by atoms with Crippen molar-refractivity contribution in [1.82, 2.24) is 20.1 Å². The highest BCUT2D eigenvalue weighted by atomic mass is 32.2. The summed E-state index contributed by atoms with van der Waals surface area (Å²) in [5.41, 5.74) is 3.47. The van der Waals surface area contributed by atoms with E-state index in [4.69, 9.17) is 0 Å². The quantitative estimate of drug-likeness (QED) is 0.191. The minimum atomic E-state index is -4.76. The summed E-state index contributed by atoms with van der Waals surface area (Å²) in [6.07, 6.45) is -2.00. The van der Waals surface area contributed by atoms with Crippen LogP contribution in [0.15, 0.2) is 78.0 Å². The monoisotopic (exact) mass is 654 g/mol. The molecule has 3 amide bonds. The van der Waals surface area contributed by atoms with Gasteiger partial charge in [-0.3, -0.25) is 9.69 Å². The van der Waals surface area contributed by atoms with Crippen LogP contribution in [0.5, 0.6) is 5.75 Å². The molecule has 1 aliphatic rings. The number of amidine groups is 1. The normalized spacial score (nSPS) is 15.1. The van der Waals surface area contributed by atoms with E-state index < -0.39 is 18.2 Å². The number of thioether (sulfide) groups is 1. The van der Waals surface area contributed by atoms with Gasteiger partial charge in [0.15, 0.2) is 11.0 Å². The van der Waals surface area contributed by atoms with Gasteiger partial charge in [0.2, 0.25) is 5.91 Å². The average molecular weight is 655 g/mol. The third-order valence-corrected chi connectivity index (χ3v) is 8.01. The Morgan fingerprint density at radius 1 is 1.07 bits per heavy atom. The van der Waals surface area contributed by atoms with Gasteiger partial charge in [-0.1, -0.05) is 49.9 Å². The third kappa shape index (κ3) is 8.10. The van der Waals surface area contributed by atoms with Crippen LogP contribution >= 0.6 is 11.8 Å². The molecular weight excluding hydrogens is 624 g/mol. The first-order valence-corrected chi connectivity index (χ1v) is 15.4. The molecular formula is C32H30F4N6O3S. The van der Waals surface area contributed by atoms with E-state index in [-0.39, 0.29) is 34.5 Å². The van der Waals surface area contributed by atoms with Crippen molar-refractivity contribution in [2.75, 3.05) is 10.7 Å². The number of anilines is 1. The molecule has 0 aliphatic carbocycles. The topological polar surface area (TPSA) is 102 Å². The Balaban J connectivity index is 1.16. The zero-order chi connectivity index (χ0) is 33.0. The molecule has 1 aromatic heterocycles. The van der Waals surface area contributed by atoms with Crippen molar-refractivity contribution in [1.29, 1.82) is 0 Å². The average Bonchev–Trinajstić information content (AvgIpc) is 3.63. The van der Waals surface area contributed by atoms with Gasteiger partial charge in [-0.2, -0.15) is 4.99 Å². The molecule has 0 saturated carbocycles. The van der Waals surface area contributed by atoms with E-state index in [2.05, 4.69) is 25.1 Å². The van der Waals surface area contributed by atoms with Crippen molar-refractivity contribution < 1.29 is 31.9 Å². The predicted molar refractivity (Wildman–Crippen MR) is 168 cm³/mol. The van der Waals surface area contributed by atoms with Crippen molar-refractivity contribution in [3.8, 4) is 22.8 Å². The second-order valence-corrected chi connectivity index (χ2v) is 11.9. The highest BCUT2D eigenvalue weighted by molar-refractivity contribution is 8.15. The number of carbonyl (C=O) groups is 2. The molecule has 14 heteroatoms. The van der Waals surface area contributed by atoms with Gasteiger partial charge in [-0.05, 0) is 79.3 Å². The Labute approximate surface area is 266 Å². The number of aliphatic imine (C=N–C) groups is 1. The molecule has 1 unspecified atom stereocenters. The molecule has 3 aromatic carbocycles. The number of rotatable bonds is 9. The van der Waals surface area contributed by atoms with E-state index in [9.17, 15) is 27.2 Å². The first-order chi connectivity index (χ1) is 21.9. The lowest BCUT2D eigenvalue weighted by Crippen LogP contribution is -2.34. The fraction of sp³-hybridized carbons (Fsp3) is 0.281. The molecule has 240 valence electrons. The van der Waals surface area contributed by atoms with Gasteiger partial charge in [0.05, 0.1) is 17.1 Å².